The molecule has 0 bridgehead atoms. The lowest BCUT2D eigenvalue weighted by atomic mass is 10.1. The summed E-state index contributed by atoms with van der Waals surface area (Å²) in [5.74, 6) is 2.41. The molecule has 122 valence electrons. The van der Waals surface area contributed by atoms with Crippen molar-refractivity contribution in [1.82, 2.24) is 14.6 Å². The van der Waals surface area contributed by atoms with E-state index in [1.807, 2.05) is 47.0 Å². The molecule has 0 aliphatic heterocycles. The van der Waals surface area contributed by atoms with Crippen LogP contribution < -0.4 is 5.32 Å². The van der Waals surface area contributed by atoms with Crippen LogP contribution in [0.5, 0.6) is 0 Å². The summed E-state index contributed by atoms with van der Waals surface area (Å²) in [5, 5.41) is 8.81. The third-order valence-electron chi connectivity index (χ3n) is 4.36. The zero-order valence-electron chi connectivity index (χ0n) is 13.4. The van der Waals surface area contributed by atoms with E-state index >= 15 is 0 Å². The highest BCUT2D eigenvalue weighted by atomic mass is 35.5. The van der Waals surface area contributed by atoms with Gasteiger partial charge in [0.2, 0.25) is 0 Å². The zero-order valence-corrected chi connectivity index (χ0v) is 14.1. The summed E-state index contributed by atoms with van der Waals surface area (Å²) in [4.78, 5) is 4.62. The lowest BCUT2D eigenvalue weighted by Gasteiger charge is -2.09. The predicted octanol–water partition coefficient (Wildman–Crippen LogP) is 4.50. The topological polar surface area (TPSA) is 42.2 Å². The molecule has 0 spiro atoms. The van der Waals surface area contributed by atoms with E-state index in [9.17, 15) is 0 Å². The molecule has 0 amide bonds. The molecule has 0 unspecified atom stereocenters. The van der Waals surface area contributed by atoms with E-state index in [-0.39, 0.29) is 0 Å². The minimum absolute atomic E-state index is 0.642. The summed E-state index contributed by atoms with van der Waals surface area (Å²) >= 11 is 6.22. The van der Waals surface area contributed by atoms with Gasteiger partial charge in [0.25, 0.3) is 0 Å². The van der Waals surface area contributed by atoms with Crippen LogP contribution in [0.25, 0.3) is 5.65 Å². The Morgan fingerprint density at radius 2 is 2.04 bits per heavy atom. The van der Waals surface area contributed by atoms with Crippen LogP contribution in [-0.2, 0) is 13.0 Å². The van der Waals surface area contributed by atoms with Crippen LogP contribution in [0, 0.1) is 5.92 Å². The minimum Gasteiger partial charge on any atom is -0.366 e. The van der Waals surface area contributed by atoms with Gasteiger partial charge in [-0.05, 0) is 42.5 Å². The van der Waals surface area contributed by atoms with E-state index in [1.54, 1.807) is 0 Å². The molecule has 1 fully saturated rings. The van der Waals surface area contributed by atoms with Crippen molar-refractivity contribution in [2.75, 3.05) is 5.32 Å². The first-order valence-corrected chi connectivity index (χ1v) is 8.58. The summed E-state index contributed by atoms with van der Waals surface area (Å²) in [7, 11) is 0. The third-order valence-corrected chi connectivity index (χ3v) is 4.73. The van der Waals surface area contributed by atoms with Gasteiger partial charge in [-0.1, -0.05) is 48.0 Å². The fraction of sp³-hybridized carbons (Fsp3) is 0.263. The Morgan fingerprint density at radius 1 is 1.21 bits per heavy atom. The minimum atomic E-state index is 0.642. The van der Waals surface area contributed by atoms with Gasteiger partial charge in [-0.3, -0.25) is 0 Å². The average Bonchev–Trinajstić information content (AvgIpc) is 3.35. The molecule has 1 aliphatic carbocycles. The predicted molar refractivity (Wildman–Crippen MR) is 97.3 cm³/mol. The smallest absolute Gasteiger partial charge is 0.158 e. The second-order valence-electron chi connectivity index (χ2n) is 6.26. The monoisotopic (exact) mass is 338 g/mol. The summed E-state index contributed by atoms with van der Waals surface area (Å²) in [5.41, 5.74) is 3.15. The van der Waals surface area contributed by atoms with Crippen LogP contribution in [0.4, 0.5) is 5.82 Å². The van der Waals surface area contributed by atoms with Crippen molar-refractivity contribution in [3.63, 3.8) is 0 Å². The largest absolute Gasteiger partial charge is 0.366 e. The SMILES string of the molecule is C=C(Cc1nc2cccc(NCc3ccccc3Cl)n2n1)C1CC1. The van der Waals surface area contributed by atoms with E-state index in [0.29, 0.717) is 12.5 Å². The summed E-state index contributed by atoms with van der Waals surface area (Å²) in [6, 6.07) is 13.8. The van der Waals surface area contributed by atoms with Gasteiger partial charge in [0.1, 0.15) is 5.82 Å². The number of hydrogen-bond acceptors (Lipinski definition) is 3. The number of anilines is 1. The normalized spacial score (nSPS) is 14.0. The fourth-order valence-corrected chi connectivity index (χ4v) is 3.03. The number of nitrogens with one attached hydrogen (secondary N) is 1. The maximum atomic E-state index is 6.22. The van der Waals surface area contributed by atoms with Crippen molar-refractivity contribution < 1.29 is 0 Å². The molecule has 1 N–H and O–H groups in total. The maximum absolute atomic E-state index is 6.22. The first-order valence-electron chi connectivity index (χ1n) is 8.20. The Bertz CT molecular complexity index is 895. The first kappa shape index (κ1) is 15.2. The molecular formula is C19H19ClN4. The van der Waals surface area contributed by atoms with Gasteiger partial charge < -0.3 is 5.32 Å². The van der Waals surface area contributed by atoms with Crippen molar-refractivity contribution >= 4 is 23.1 Å². The summed E-state index contributed by atoms with van der Waals surface area (Å²) in [6.07, 6.45) is 3.28. The molecule has 4 nitrogen and oxygen atoms in total. The number of halogens is 1. The molecule has 0 atom stereocenters. The van der Waals surface area contributed by atoms with Gasteiger partial charge in [0, 0.05) is 18.0 Å². The number of hydrogen-bond donors (Lipinski definition) is 1. The molecule has 5 heteroatoms. The van der Waals surface area contributed by atoms with E-state index in [4.69, 9.17) is 11.6 Å². The number of pyridine rings is 1. The lowest BCUT2D eigenvalue weighted by molar-refractivity contribution is 0.852. The van der Waals surface area contributed by atoms with E-state index in [2.05, 4.69) is 22.0 Å². The highest BCUT2D eigenvalue weighted by molar-refractivity contribution is 6.31. The first-order chi connectivity index (χ1) is 11.7. The number of aromatic nitrogens is 3. The van der Waals surface area contributed by atoms with Gasteiger partial charge in [-0.15, -0.1) is 5.10 Å². The van der Waals surface area contributed by atoms with Gasteiger partial charge in [-0.2, -0.15) is 4.52 Å². The molecule has 1 aliphatic rings. The van der Waals surface area contributed by atoms with E-state index in [1.165, 1.54) is 18.4 Å². The van der Waals surface area contributed by atoms with Crippen LogP contribution in [0.1, 0.15) is 24.2 Å². The van der Waals surface area contributed by atoms with Gasteiger partial charge in [-0.25, -0.2) is 4.98 Å². The number of rotatable bonds is 6. The van der Waals surface area contributed by atoms with Crippen molar-refractivity contribution in [1.29, 1.82) is 0 Å². The van der Waals surface area contributed by atoms with Gasteiger partial charge in [0.15, 0.2) is 11.5 Å². The fourth-order valence-electron chi connectivity index (χ4n) is 2.82. The lowest BCUT2D eigenvalue weighted by Crippen LogP contribution is -2.05. The Labute approximate surface area is 146 Å². The molecule has 1 saturated carbocycles. The van der Waals surface area contributed by atoms with Gasteiger partial charge in [0.05, 0.1) is 0 Å². The number of allylic oxidation sites excluding steroid dienone is 1. The highest BCUT2D eigenvalue weighted by Crippen LogP contribution is 2.36. The van der Waals surface area contributed by atoms with Crippen LogP contribution in [0.2, 0.25) is 5.02 Å². The summed E-state index contributed by atoms with van der Waals surface area (Å²) < 4.78 is 1.85. The van der Waals surface area contributed by atoms with Crippen LogP contribution in [-0.4, -0.2) is 14.6 Å². The van der Waals surface area contributed by atoms with Crippen molar-refractivity contribution in [3.05, 3.63) is 71.0 Å². The molecule has 2 aromatic heterocycles. The van der Waals surface area contributed by atoms with Gasteiger partial charge >= 0.3 is 0 Å². The molecular weight excluding hydrogens is 320 g/mol. The molecule has 4 rings (SSSR count). The Hall–Kier alpha value is -2.33. The second kappa shape index (κ2) is 6.29. The molecule has 0 radical (unpaired) electrons. The average molecular weight is 339 g/mol. The number of benzene rings is 1. The molecule has 3 aromatic rings. The molecule has 0 saturated heterocycles. The Balaban J connectivity index is 1.55. The summed E-state index contributed by atoms with van der Waals surface area (Å²) in [6.45, 7) is 4.81. The maximum Gasteiger partial charge on any atom is 0.158 e. The highest BCUT2D eigenvalue weighted by Gasteiger charge is 2.25. The van der Waals surface area contributed by atoms with E-state index in [0.717, 1.165) is 34.3 Å². The van der Waals surface area contributed by atoms with Crippen LogP contribution in [0.15, 0.2) is 54.6 Å². The van der Waals surface area contributed by atoms with Crippen molar-refractivity contribution in [2.45, 2.75) is 25.8 Å². The van der Waals surface area contributed by atoms with Crippen molar-refractivity contribution in [3.8, 4) is 0 Å². The number of nitrogens with zero attached hydrogens (tertiary/aromatic N) is 3. The molecule has 24 heavy (non-hydrogen) atoms. The van der Waals surface area contributed by atoms with E-state index < -0.39 is 0 Å². The second-order valence-corrected chi connectivity index (χ2v) is 6.67. The Morgan fingerprint density at radius 3 is 2.83 bits per heavy atom. The van der Waals surface area contributed by atoms with Crippen molar-refractivity contribution in [2.24, 2.45) is 5.92 Å². The standard InChI is InChI=1S/C19H19ClN4/c1-13(14-9-10-14)11-17-22-19-8-4-7-18(24(19)23-17)21-12-15-5-2-3-6-16(15)20/h2-8,14,21H,1,9-12H2. The molecule has 1 aromatic carbocycles. The third kappa shape index (κ3) is 3.15. The molecule has 2 heterocycles. The quantitative estimate of drug-likeness (QED) is 0.673. The Kier molecular flexibility index (Phi) is 3.98. The van der Waals surface area contributed by atoms with Crippen LogP contribution in [0.3, 0.4) is 0 Å². The zero-order chi connectivity index (χ0) is 16.5. The van der Waals surface area contributed by atoms with Crippen LogP contribution >= 0.6 is 11.6 Å². The number of fused-ring (bicyclic) bond motifs is 1.